The number of anilines is 1. The van der Waals surface area contributed by atoms with Gasteiger partial charge in [0.2, 0.25) is 11.8 Å². The summed E-state index contributed by atoms with van der Waals surface area (Å²) in [6, 6.07) is 13.4. The maximum Gasteiger partial charge on any atom is 0.245 e. The van der Waals surface area contributed by atoms with Crippen molar-refractivity contribution >= 4 is 34.5 Å². The number of pyridine rings is 1. The van der Waals surface area contributed by atoms with Crippen LogP contribution in [0.4, 0.5) is 14.5 Å². The molecule has 2 fully saturated rings. The van der Waals surface area contributed by atoms with Gasteiger partial charge in [0, 0.05) is 60.9 Å². The molecule has 1 unspecified atom stereocenters. The topological polar surface area (TPSA) is 82.8 Å². The number of aryl methyl sites for hydroxylation is 1. The van der Waals surface area contributed by atoms with Gasteiger partial charge < -0.3 is 15.1 Å². The highest BCUT2D eigenvalue weighted by Gasteiger charge is 2.32. The van der Waals surface area contributed by atoms with E-state index in [0.717, 1.165) is 34.0 Å². The van der Waals surface area contributed by atoms with E-state index in [9.17, 15) is 14.0 Å². The number of halogens is 2. The van der Waals surface area contributed by atoms with Crippen LogP contribution in [0.5, 0.6) is 0 Å². The Labute approximate surface area is 263 Å². The van der Waals surface area contributed by atoms with E-state index in [0.29, 0.717) is 67.1 Å². The highest BCUT2D eigenvalue weighted by molar-refractivity contribution is 7.13. The van der Waals surface area contributed by atoms with Crippen LogP contribution < -0.4 is 10.2 Å². The Morgan fingerprint density at radius 2 is 1.76 bits per heavy atom. The molecule has 1 N–H and O–H groups in total. The molecule has 230 valence electrons. The number of carbonyl (C=O) groups is 2. The first-order valence-corrected chi connectivity index (χ1v) is 16.0. The molecule has 2 aliphatic heterocycles. The maximum absolute atomic E-state index is 16.3. The molecule has 11 heteroatoms. The van der Waals surface area contributed by atoms with Crippen molar-refractivity contribution in [2.75, 3.05) is 31.1 Å². The van der Waals surface area contributed by atoms with Gasteiger partial charge in [0.25, 0.3) is 0 Å². The van der Waals surface area contributed by atoms with Gasteiger partial charge in [0.15, 0.2) is 0 Å². The number of nitrogens with zero attached hydrogens (tertiary/aromatic N) is 5. The number of imidazole rings is 1. The number of piperazine rings is 1. The monoisotopic (exact) mass is 626 g/mol. The quantitative estimate of drug-likeness (QED) is 0.255. The van der Waals surface area contributed by atoms with Gasteiger partial charge in [-0.15, -0.1) is 11.3 Å². The number of aromatic nitrogens is 3. The highest BCUT2D eigenvalue weighted by atomic mass is 32.1. The Bertz CT molecular complexity index is 1930. The minimum atomic E-state index is -0.418. The van der Waals surface area contributed by atoms with Crippen molar-refractivity contribution < 1.29 is 18.4 Å². The Morgan fingerprint density at radius 3 is 2.47 bits per heavy atom. The number of amides is 2. The average molecular weight is 627 g/mol. The summed E-state index contributed by atoms with van der Waals surface area (Å²) in [6.07, 6.45) is 3.59. The molecule has 5 heterocycles. The van der Waals surface area contributed by atoms with Crippen molar-refractivity contribution in [3.05, 3.63) is 83.0 Å². The summed E-state index contributed by atoms with van der Waals surface area (Å²) in [5, 5.41) is 5.37. The molecule has 0 aliphatic carbocycles. The van der Waals surface area contributed by atoms with Gasteiger partial charge in [0.1, 0.15) is 28.3 Å². The zero-order valence-electron chi connectivity index (χ0n) is 25.0. The molecular weight excluding hydrogens is 594 g/mol. The van der Waals surface area contributed by atoms with Gasteiger partial charge in [-0.25, -0.2) is 18.7 Å². The summed E-state index contributed by atoms with van der Waals surface area (Å²) in [4.78, 5) is 38.1. The molecule has 5 aromatic rings. The molecule has 8 nitrogen and oxygen atoms in total. The third-order valence-electron chi connectivity index (χ3n) is 8.78. The normalized spacial score (nSPS) is 16.9. The zero-order chi connectivity index (χ0) is 31.2. The van der Waals surface area contributed by atoms with Crippen LogP contribution in [-0.4, -0.2) is 63.3 Å². The number of hydrogen-bond donors (Lipinski definition) is 1. The molecule has 2 saturated heterocycles. The number of hydrogen-bond acceptors (Lipinski definition) is 6. The lowest BCUT2D eigenvalue weighted by Crippen LogP contribution is -2.53. The van der Waals surface area contributed by atoms with E-state index in [1.807, 2.05) is 46.0 Å². The molecule has 0 radical (unpaired) electrons. The lowest BCUT2D eigenvalue weighted by Gasteiger charge is -2.37. The fraction of sp³-hybridized carbons (Fsp3) is 0.294. The fourth-order valence-electron chi connectivity index (χ4n) is 6.26. The second kappa shape index (κ2) is 11.7. The molecule has 45 heavy (non-hydrogen) atoms. The first-order chi connectivity index (χ1) is 21.8. The molecule has 7 rings (SSSR count). The van der Waals surface area contributed by atoms with Crippen LogP contribution in [0.2, 0.25) is 0 Å². The highest BCUT2D eigenvalue weighted by Crippen LogP contribution is 2.37. The van der Waals surface area contributed by atoms with E-state index < -0.39 is 6.04 Å². The Kier molecular flexibility index (Phi) is 7.56. The SMILES string of the molecule is CCc1nc2ccc(N3CCN(C(=O)C4CCC(=O)N4)CC3)cn2c1-c1ccc(-c2nc(-c3ccc(F)cc3)cs2)c(C)c1F. The molecule has 2 aromatic carbocycles. The van der Waals surface area contributed by atoms with Crippen molar-refractivity contribution in [3.8, 4) is 33.1 Å². The first-order valence-electron chi connectivity index (χ1n) is 15.2. The molecule has 0 spiro atoms. The zero-order valence-corrected chi connectivity index (χ0v) is 25.8. The Balaban J connectivity index is 1.16. The predicted octanol–water partition coefficient (Wildman–Crippen LogP) is 5.87. The van der Waals surface area contributed by atoms with E-state index in [-0.39, 0.29) is 23.4 Å². The van der Waals surface area contributed by atoms with Crippen LogP contribution in [0.3, 0.4) is 0 Å². The Hall–Kier alpha value is -4.64. The maximum atomic E-state index is 16.3. The molecule has 0 saturated carbocycles. The van der Waals surface area contributed by atoms with Crippen LogP contribution in [-0.2, 0) is 16.0 Å². The van der Waals surface area contributed by atoms with Crippen molar-refractivity contribution in [2.45, 2.75) is 39.2 Å². The Morgan fingerprint density at radius 1 is 1.00 bits per heavy atom. The van der Waals surface area contributed by atoms with Gasteiger partial charge >= 0.3 is 0 Å². The van der Waals surface area contributed by atoms with Crippen molar-refractivity contribution in [1.82, 2.24) is 24.6 Å². The van der Waals surface area contributed by atoms with Crippen molar-refractivity contribution in [2.24, 2.45) is 0 Å². The molecule has 2 aliphatic rings. The molecule has 2 amide bonds. The second-order valence-corrected chi connectivity index (χ2v) is 12.3. The second-order valence-electron chi connectivity index (χ2n) is 11.5. The van der Waals surface area contributed by atoms with E-state index in [4.69, 9.17) is 9.97 Å². The van der Waals surface area contributed by atoms with Gasteiger partial charge in [-0.1, -0.05) is 13.0 Å². The summed E-state index contributed by atoms with van der Waals surface area (Å²) < 4.78 is 31.6. The number of carbonyl (C=O) groups excluding carboxylic acids is 2. The van der Waals surface area contributed by atoms with Crippen LogP contribution in [0.15, 0.2) is 60.1 Å². The predicted molar refractivity (Wildman–Crippen MR) is 171 cm³/mol. The summed E-state index contributed by atoms with van der Waals surface area (Å²) in [5.74, 6) is -0.707. The minimum Gasteiger partial charge on any atom is -0.367 e. The van der Waals surface area contributed by atoms with Crippen LogP contribution in [0.25, 0.3) is 38.7 Å². The lowest BCUT2D eigenvalue weighted by molar-refractivity contribution is -0.134. The smallest absolute Gasteiger partial charge is 0.245 e. The van der Waals surface area contributed by atoms with Crippen LogP contribution >= 0.6 is 11.3 Å². The third kappa shape index (κ3) is 5.35. The van der Waals surface area contributed by atoms with Crippen LogP contribution in [0, 0.1) is 18.6 Å². The average Bonchev–Trinajstić information content (AvgIpc) is 3.81. The van der Waals surface area contributed by atoms with Gasteiger partial charge in [-0.2, -0.15) is 0 Å². The van der Waals surface area contributed by atoms with Gasteiger partial charge in [-0.05, 0) is 67.8 Å². The van der Waals surface area contributed by atoms with E-state index in [1.165, 1.54) is 23.5 Å². The van der Waals surface area contributed by atoms with Gasteiger partial charge in [0.05, 0.1) is 22.8 Å². The molecular formula is C34H32F2N6O2S. The number of fused-ring (bicyclic) bond motifs is 1. The van der Waals surface area contributed by atoms with E-state index in [1.54, 1.807) is 25.1 Å². The minimum absolute atomic E-state index is 0.0147. The third-order valence-corrected chi connectivity index (χ3v) is 9.65. The van der Waals surface area contributed by atoms with Crippen LogP contribution in [0.1, 0.15) is 31.0 Å². The first kappa shape index (κ1) is 29.1. The summed E-state index contributed by atoms with van der Waals surface area (Å²) in [7, 11) is 0. The number of nitrogens with one attached hydrogen (secondary N) is 1. The van der Waals surface area contributed by atoms with E-state index in [2.05, 4.69) is 10.2 Å². The van der Waals surface area contributed by atoms with E-state index >= 15 is 4.39 Å². The van der Waals surface area contributed by atoms with Crippen molar-refractivity contribution in [1.29, 1.82) is 0 Å². The summed E-state index contributed by atoms with van der Waals surface area (Å²) in [5.41, 5.74) is 6.44. The number of rotatable bonds is 6. The molecule has 1 atom stereocenters. The largest absolute Gasteiger partial charge is 0.367 e. The lowest BCUT2D eigenvalue weighted by atomic mass is 10.0. The number of benzene rings is 2. The fourth-order valence-corrected chi connectivity index (χ4v) is 7.17. The van der Waals surface area contributed by atoms with Crippen molar-refractivity contribution in [3.63, 3.8) is 0 Å². The summed E-state index contributed by atoms with van der Waals surface area (Å²) >= 11 is 1.43. The summed E-state index contributed by atoms with van der Waals surface area (Å²) in [6.45, 7) is 6.22. The standard InChI is InChI=1S/C34H32F2N6O2S/c1-3-26-32(25-10-9-24(20(2)31(25)36)33-39-28(19-45-33)21-4-6-22(35)7-5-21)42-18-23(8-12-29(42)37-26)40-14-16-41(17-15-40)34(44)27-11-13-30(43)38-27/h4-10,12,18-19,27H,3,11,13-17H2,1-2H3,(H,38,43). The molecule has 3 aromatic heterocycles. The molecule has 0 bridgehead atoms. The van der Waals surface area contributed by atoms with Gasteiger partial charge in [-0.3, -0.25) is 14.0 Å². The number of thiazole rings is 1.